The molecule has 1 saturated heterocycles. The number of piperidine rings is 1. The molecule has 0 spiro atoms. The third kappa shape index (κ3) is 2.68. The van der Waals surface area contributed by atoms with Gasteiger partial charge in [0.15, 0.2) is 0 Å². The number of carbonyl (C=O) groups is 1. The van der Waals surface area contributed by atoms with Crippen molar-refractivity contribution in [1.82, 2.24) is 4.90 Å². The monoisotopic (exact) mass is 286 g/mol. The quantitative estimate of drug-likeness (QED) is 0.923. The van der Waals surface area contributed by atoms with E-state index in [1.54, 1.807) is 0 Å². The van der Waals surface area contributed by atoms with Gasteiger partial charge >= 0.3 is 0 Å². The van der Waals surface area contributed by atoms with E-state index in [1.807, 2.05) is 42.2 Å². The lowest BCUT2D eigenvalue weighted by Gasteiger charge is -2.37. The van der Waals surface area contributed by atoms with Gasteiger partial charge in [0.05, 0.1) is 5.92 Å². The fourth-order valence-electron chi connectivity index (χ4n) is 3.12. The maximum absolute atomic E-state index is 12.7. The van der Waals surface area contributed by atoms with Crippen molar-refractivity contribution in [2.45, 2.75) is 44.7 Å². The van der Waals surface area contributed by atoms with Gasteiger partial charge in [-0.15, -0.1) is 0 Å². The number of fused-ring (bicyclic) bond motifs is 1. The minimum absolute atomic E-state index is 0.133. The van der Waals surface area contributed by atoms with E-state index in [0.717, 1.165) is 36.1 Å². The van der Waals surface area contributed by atoms with Gasteiger partial charge in [0.25, 0.3) is 0 Å². The Morgan fingerprint density at radius 1 is 1.43 bits per heavy atom. The number of rotatable bonds is 2. The molecule has 4 nitrogen and oxygen atoms in total. The summed E-state index contributed by atoms with van der Waals surface area (Å²) < 4.78 is 5.83. The molecule has 1 aliphatic rings. The molecule has 0 unspecified atom stereocenters. The van der Waals surface area contributed by atoms with E-state index in [1.165, 1.54) is 0 Å². The summed E-state index contributed by atoms with van der Waals surface area (Å²) in [5, 5.41) is 1.04. The summed E-state index contributed by atoms with van der Waals surface area (Å²) in [4.78, 5) is 14.7. The largest absolute Gasteiger partial charge is 0.460 e. The Kier molecular flexibility index (Phi) is 3.72. The fraction of sp³-hybridized carbons (Fsp3) is 0.471. The van der Waals surface area contributed by atoms with Gasteiger partial charge in [0.1, 0.15) is 11.3 Å². The highest BCUT2D eigenvalue weighted by molar-refractivity contribution is 5.85. The first-order valence-electron chi connectivity index (χ1n) is 7.61. The van der Waals surface area contributed by atoms with Crippen LogP contribution in [0.1, 0.15) is 38.4 Å². The highest BCUT2D eigenvalue weighted by Crippen LogP contribution is 2.28. The second-order valence-electron chi connectivity index (χ2n) is 6.07. The summed E-state index contributed by atoms with van der Waals surface area (Å²) in [7, 11) is 0. The first-order valence-corrected chi connectivity index (χ1v) is 7.61. The zero-order chi connectivity index (χ0) is 15.0. The van der Waals surface area contributed by atoms with E-state index in [9.17, 15) is 4.79 Å². The average Bonchev–Trinajstić information content (AvgIpc) is 2.89. The summed E-state index contributed by atoms with van der Waals surface area (Å²) in [5.74, 6) is 0.617. The van der Waals surface area contributed by atoms with Crippen LogP contribution in [0.15, 0.2) is 34.7 Å². The molecule has 112 valence electrons. The van der Waals surface area contributed by atoms with E-state index in [4.69, 9.17) is 10.2 Å². The smallest absolute Gasteiger partial charge is 0.233 e. The SMILES string of the molecule is C[C@H](C(=O)N1CC[C@@H](N)C[C@@H]1C)c1cc2ccccc2o1. The van der Waals surface area contributed by atoms with Crippen LogP contribution < -0.4 is 5.73 Å². The molecule has 1 aromatic heterocycles. The van der Waals surface area contributed by atoms with Gasteiger partial charge in [-0.25, -0.2) is 0 Å². The van der Waals surface area contributed by atoms with Crippen molar-refractivity contribution in [2.24, 2.45) is 5.73 Å². The van der Waals surface area contributed by atoms with Crippen LogP contribution in [0, 0.1) is 0 Å². The molecule has 2 N–H and O–H groups in total. The highest BCUT2D eigenvalue weighted by Gasteiger charge is 2.31. The fourth-order valence-corrected chi connectivity index (χ4v) is 3.12. The molecule has 3 rings (SSSR count). The molecule has 0 bridgehead atoms. The predicted molar refractivity (Wildman–Crippen MR) is 83.0 cm³/mol. The van der Waals surface area contributed by atoms with Crippen molar-refractivity contribution >= 4 is 16.9 Å². The molecule has 0 radical (unpaired) electrons. The van der Waals surface area contributed by atoms with E-state index < -0.39 is 0 Å². The van der Waals surface area contributed by atoms with Crippen LogP contribution in [-0.2, 0) is 4.79 Å². The topological polar surface area (TPSA) is 59.5 Å². The Bertz CT molecular complexity index is 616. The van der Waals surface area contributed by atoms with Crippen molar-refractivity contribution in [3.63, 3.8) is 0 Å². The Hall–Kier alpha value is -1.81. The van der Waals surface area contributed by atoms with Gasteiger partial charge in [-0.2, -0.15) is 0 Å². The number of carbonyl (C=O) groups excluding carboxylic acids is 1. The Morgan fingerprint density at radius 2 is 2.19 bits per heavy atom. The van der Waals surface area contributed by atoms with Crippen LogP contribution in [-0.4, -0.2) is 29.4 Å². The third-order valence-corrected chi connectivity index (χ3v) is 4.44. The molecular formula is C17H22N2O2. The lowest BCUT2D eigenvalue weighted by atomic mass is 9.96. The lowest BCUT2D eigenvalue weighted by Crippen LogP contribution is -2.49. The van der Waals surface area contributed by atoms with Crippen LogP contribution >= 0.6 is 0 Å². The number of furan rings is 1. The first kappa shape index (κ1) is 14.1. The molecule has 2 heterocycles. The highest BCUT2D eigenvalue weighted by atomic mass is 16.3. The summed E-state index contributed by atoms with van der Waals surface area (Å²) in [5.41, 5.74) is 6.80. The zero-order valence-corrected chi connectivity index (χ0v) is 12.6. The van der Waals surface area contributed by atoms with E-state index >= 15 is 0 Å². The van der Waals surface area contributed by atoms with Crippen molar-refractivity contribution in [1.29, 1.82) is 0 Å². The number of hydrogen-bond donors (Lipinski definition) is 1. The van der Waals surface area contributed by atoms with Crippen molar-refractivity contribution in [3.05, 3.63) is 36.1 Å². The minimum Gasteiger partial charge on any atom is -0.460 e. The molecule has 0 saturated carbocycles. The van der Waals surface area contributed by atoms with Crippen LogP contribution in [0.5, 0.6) is 0 Å². The van der Waals surface area contributed by atoms with Crippen LogP contribution in [0.3, 0.4) is 0 Å². The van der Waals surface area contributed by atoms with Gasteiger partial charge in [-0.1, -0.05) is 18.2 Å². The van der Waals surface area contributed by atoms with E-state index in [0.29, 0.717) is 0 Å². The average molecular weight is 286 g/mol. The Morgan fingerprint density at radius 3 is 2.90 bits per heavy atom. The van der Waals surface area contributed by atoms with Crippen molar-refractivity contribution in [3.8, 4) is 0 Å². The third-order valence-electron chi connectivity index (χ3n) is 4.44. The summed E-state index contributed by atoms with van der Waals surface area (Å²) in [6.45, 7) is 4.73. The van der Waals surface area contributed by atoms with Gasteiger partial charge in [-0.05, 0) is 38.8 Å². The maximum atomic E-state index is 12.7. The normalized spacial score (nSPS) is 24.2. The van der Waals surface area contributed by atoms with Crippen molar-refractivity contribution < 1.29 is 9.21 Å². The first-order chi connectivity index (χ1) is 10.1. The predicted octanol–water partition coefficient (Wildman–Crippen LogP) is 2.87. The van der Waals surface area contributed by atoms with E-state index in [-0.39, 0.29) is 23.9 Å². The molecule has 4 heteroatoms. The number of likely N-dealkylation sites (tertiary alicyclic amines) is 1. The number of benzene rings is 1. The number of hydrogen-bond acceptors (Lipinski definition) is 3. The minimum atomic E-state index is -0.255. The van der Waals surface area contributed by atoms with E-state index in [2.05, 4.69) is 6.92 Å². The molecule has 1 amide bonds. The maximum Gasteiger partial charge on any atom is 0.233 e. The van der Waals surface area contributed by atoms with Gasteiger partial charge in [-0.3, -0.25) is 4.79 Å². The van der Waals surface area contributed by atoms with Crippen LogP contribution in [0.2, 0.25) is 0 Å². The molecule has 3 atom stereocenters. The molecule has 2 aromatic rings. The number of nitrogens with zero attached hydrogens (tertiary/aromatic N) is 1. The van der Waals surface area contributed by atoms with Gasteiger partial charge < -0.3 is 15.1 Å². The Labute approximate surface area is 124 Å². The molecular weight excluding hydrogens is 264 g/mol. The van der Waals surface area contributed by atoms with Crippen LogP contribution in [0.4, 0.5) is 0 Å². The summed E-state index contributed by atoms with van der Waals surface area (Å²) in [6.07, 6.45) is 1.75. The lowest BCUT2D eigenvalue weighted by molar-refractivity contribution is -0.136. The van der Waals surface area contributed by atoms with Gasteiger partial charge in [0, 0.05) is 24.0 Å². The second kappa shape index (κ2) is 5.53. The Balaban J connectivity index is 1.80. The number of amides is 1. The molecule has 21 heavy (non-hydrogen) atoms. The molecule has 1 aromatic carbocycles. The second-order valence-corrected chi connectivity index (χ2v) is 6.07. The molecule has 0 aliphatic carbocycles. The van der Waals surface area contributed by atoms with Gasteiger partial charge in [0.2, 0.25) is 5.91 Å². The standard InChI is InChI=1S/C17H22N2O2/c1-11-9-14(18)7-8-19(11)17(20)12(2)16-10-13-5-3-4-6-15(13)21-16/h3-6,10-12,14H,7-9,18H2,1-2H3/t11-,12-,14+/m0/s1. The number of para-hydroxylation sites is 1. The number of nitrogens with two attached hydrogens (primary N) is 1. The summed E-state index contributed by atoms with van der Waals surface area (Å²) in [6, 6.07) is 10.2. The zero-order valence-electron chi connectivity index (χ0n) is 12.6. The van der Waals surface area contributed by atoms with Crippen molar-refractivity contribution in [2.75, 3.05) is 6.54 Å². The molecule has 1 aliphatic heterocycles. The molecule has 1 fully saturated rings. The summed E-state index contributed by atoms with van der Waals surface area (Å²) >= 11 is 0. The van der Waals surface area contributed by atoms with Crippen LogP contribution in [0.25, 0.3) is 11.0 Å².